The average molecular weight is 322 g/mol. The molecule has 1 aromatic heterocycles. The molecule has 1 aliphatic carbocycles. The number of fused-ring (bicyclic) bond motifs is 1. The molecule has 0 spiro atoms. The fourth-order valence-electron chi connectivity index (χ4n) is 3.98. The summed E-state index contributed by atoms with van der Waals surface area (Å²) in [5.74, 6) is 0.833. The fourth-order valence-corrected chi connectivity index (χ4v) is 4.22. The molecular formula is C17H24ClN3O. The normalized spacial score (nSPS) is 25.5. The monoisotopic (exact) mass is 321 g/mol. The molecule has 120 valence electrons. The molecule has 1 saturated carbocycles. The van der Waals surface area contributed by atoms with Crippen LogP contribution in [0.1, 0.15) is 49.8 Å². The Labute approximate surface area is 137 Å². The molecule has 1 amide bonds. The number of carbonyl (C=O) groups excluding carboxylic acids is 1. The summed E-state index contributed by atoms with van der Waals surface area (Å²) in [4.78, 5) is 14.7. The van der Waals surface area contributed by atoms with Gasteiger partial charge in [-0.2, -0.15) is 5.10 Å². The van der Waals surface area contributed by atoms with Gasteiger partial charge in [-0.05, 0) is 44.6 Å². The van der Waals surface area contributed by atoms with E-state index in [-0.39, 0.29) is 5.91 Å². The summed E-state index contributed by atoms with van der Waals surface area (Å²) in [6.45, 7) is 2.80. The minimum absolute atomic E-state index is 0.121. The summed E-state index contributed by atoms with van der Waals surface area (Å²) in [7, 11) is 1.81. The molecule has 3 rings (SSSR count). The summed E-state index contributed by atoms with van der Waals surface area (Å²) in [6, 6.07) is 0.449. The van der Waals surface area contributed by atoms with E-state index in [0.29, 0.717) is 17.1 Å². The average Bonchev–Trinajstić information content (AvgIpc) is 2.77. The lowest BCUT2D eigenvalue weighted by atomic mass is 9.78. The van der Waals surface area contributed by atoms with Crippen LogP contribution in [-0.2, 0) is 11.8 Å². The molecule has 0 radical (unpaired) electrons. The van der Waals surface area contributed by atoms with Gasteiger partial charge in [0, 0.05) is 31.3 Å². The zero-order valence-electron chi connectivity index (χ0n) is 13.4. The predicted octanol–water partition coefficient (Wildman–Crippen LogP) is 3.58. The Bertz CT molecular complexity index is 591. The predicted molar refractivity (Wildman–Crippen MR) is 88.7 cm³/mol. The summed E-state index contributed by atoms with van der Waals surface area (Å²) in [5.41, 5.74) is 1.69. The molecule has 2 unspecified atom stereocenters. The summed E-state index contributed by atoms with van der Waals surface area (Å²) in [6.07, 6.45) is 10.9. The third-order valence-electron chi connectivity index (χ3n) is 5.12. The number of aromatic nitrogens is 2. The van der Waals surface area contributed by atoms with Crippen LogP contribution in [0.2, 0.25) is 5.15 Å². The van der Waals surface area contributed by atoms with Crippen molar-refractivity contribution >= 4 is 23.6 Å². The molecule has 2 fully saturated rings. The number of halogens is 1. The lowest BCUT2D eigenvalue weighted by Crippen LogP contribution is -2.49. The van der Waals surface area contributed by atoms with Gasteiger partial charge in [0.05, 0.1) is 5.69 Å². The van der Waals surface area contributed by atoms with E-state index in [1.54, 1.807) is 10.8 Å². The standard InChI is InChI=1S/C17H24ClN3O/c1-12-14(17(18)20(2)19-12)9-10-16(22)21-11-5-7-13-6-3-4-8-15(13)21/h9-10,13,15H,3-8,11H2,1-2H3/b10-9+. The van der Waals surface area contributed by atoms with Crippen LogP contribution in [0.4, 0.5) is 0 Å². The maximum absolute atomic E-state index is 12.6. The largest absolute Gasteiger partial charge is 0.336 e. The maximum Gasteiger partial charge on any atom is 0.246 e. The van der Waals surface area contributed by atoms with Gasteiger partial charge in [-0.15, -0.1) is 0 Å². The molecule has 1 saturated heterocycles. The van der Waals surface area contributed by atoms with Crippen molar-refractivity contribution in [1.82, 2.24) is 14.7 Å². The van der Waals surface area contributed by atoms with Crippen LogP contribution >= 0.6 is 11.6 Å². The number of piperidine rings is 1. The smallest absolute Gasteiger partial charge is 0.246 e. The van der Waals surface area contributed by atoms with Crippen molar-refractivity contribution in [3.05, 3.63) is 22.5 Å². The Morgan fingerprint density at radius 3 is 2.73 bits per heavy atom. The molecule has 2 heterocycles. The van der Waals surface area contributed by atoms with E-state index in [4.69, 9.17) is 11.6 Å². The Hall–Kier alpha value is -1.29. The zero-order valence-corrected chi connectivity index (χ0v) is 14.1. The zero-order chi connectivity index (χ0) is 15.7. The van der Waals surface area contributed by atoms with Crippen LogP contribution in [0.25, 0.3) is 6.08 Å². The van der Waals surface area contributed by atoms with E-state index >= 15 is 0 Å². The topological polar surface area (TPSA) is 38.1 Å². The van der Waals surface area contributed by atoms with Crippen molar-refractivity contribution in [2.45, 2.75) is 51.5 Å². The number of carbonyl (C=O) groups is 1. The number of hydrogen-bond donors (Lipinski definition) is 0. The summed E-state index contributed by atoms with van der Waals surface area (Å²) in [5, 5.41) is 4.85. The van der Waals surface area contributed by atoms with Gasteiger partial charge in [0.15, 0.2) is 0 Å². The Kier molecular flexibility index (Phi) is 4.57. The van der Waals surface area contributed by atoms with E-state index in [9.17, 15) is 4.79 Å². The number of hydrogen-bond acceptors (Lipinski definition) is 2. The molecule has 0 bridgehead atoms. The van der Waals surface area contributed by atoms with E-state index in [0.717, 1.165) is 30.6 Å². The first-order valence-electron chi connectivity index (χ1n) is 8.25. The van der Waals surface area contributed by atoms with Gasteiger partial charge in [0.2, 0.25) is 5.91 Å². The Morgan fingerprint density at radius 2 is 2.00 bits per heavy atom. The minimum Gasteiger partial charge on any atom is -0.336 e. The van der Waals surface area contributed by atoms with Gasteiger partial charge < -0.3 is 4.90 Å². The van der Waals surface area contributed by atoms with Crippen molar-refractivity contribution in [3.8, 4) is 0 Å². The number of rotatable bonds is 2. The quantitative estimate of drug-likeness (QED) is 0.781. The Morgan fingerprint density at radius 1 is 1.27 bits per heavy atom. The lowest BCUT2D eigenvalue weighted by molar-refractivity contribution is -0.132. The van der Waals surface area contributed by atoms with E-state index in [1.165, 1.54) is 25.7 Å². The molecule has 2 atom stereocenters. The van der Waals surface area contributed by atoms with Crippen molar-refractivity contribution in [2.24, 2.45) is 13.0 Å². The van der Waals surface area contributed by atoms with Crippen LogP contribution in [0.3, 0.4) is 0 Å². The van der Waals surface area contributed by atoms with E-state index in [1.807, 2.05) is 20.0 Å². The fraction of sp³-hybridized carbons (Fsp3) is 0.647. The molecular weight excluding hydrogens is 298 g/mol. The molecule has 0 N–H and O–H groups in total. The Balaban J connectivity index is 1.74. The van der Waals surface area contributed by atoms with Gasteiger partial charge >= 0.3 is 0 Å². The van der Waals surface area contributed by atoms with Crippen molar-refractivity contribution in [2.75, 3.05) is 6.54 Å². The lowest BCUT2D eigenvalue weighted by Gasteiger charge is -2.43. The van der Waals surface area contributed by atoms with Gasteiger partial charge in [-0.25, -0.2) is 0 Å². The maximum atomic E-state index is 12.6. The number of aryl methyl sites for hydroxylation is 2. The number of nitrogens with zero attached hydrogens (tertiary/aromatic N) is 3. The van der Waals surface area contributed by atoms with Gasteiger partial charge in [0.1, 0.15) is 5.15 Å². The number of amides is 1. The van der Waals surface area contributed by atoms with Crippen LogP contribution in [-0.4, -0.2) is 33.2 Å². The highest BCUT2D eigenvalue weighted by Crippen LogP contribution is 2.35. The highest BCUT2D eigenvalue weighted by molar-refractivity contribution is 6.31. The summed E-state index contributed by atoms with van der Waals surface area (Å²) >= 11 is 6.22. The highest BCUT2D eigenvalue weighted by Gasteiger charge is 2.34. The van der Waals surface area contributed by atoms with E-state index in [2.05, 4.69) is 10.00 Å². The van der Waals surface area contributed by atoms with Crippen molar-refractivity contribution in [1.29, 1.82) is 0 Å². The molecule has 1 aliphatic heterocycles. The first kappa shape index (κ1) is 15.6. The van der Waals surface area contributed by atoms with Crippen molar-refractivity contribution in [3.63, 3.8) is 0 Å². The minimum atomic E-state index is 0.121. The molecule has 5 heteroatoms. The third-order valence-corrected chi connectivity index (χ3v) is 5.56. The second kappa shape index (κ2) is 6.45. The second-order valence-electron chi connectivity index (χ2n) is 6.53. The second-order valence-corrected chi connectivity index (χ2v) is 6.89. The first-order chi connectivity index (χ1) is 10.6. The molecule has 2 aliphatic rings. The van der Waals surface area contributed by atoms with Crippen LogP contribution < -0.4 is 0 Å². The van der Waals surface area contributed by atoms with Gasteiger partial charge in [-0.3, -0.25) is 9.48 Å². The molecule has 4 nitrogen and oxygen atoms in total. The molecule has 0 aromatic carbocycles. The molecule has 22 heavy (non-hydrogen) atoms. The van der Waals surface area contributed by atoms with Crippen LogP contribution in [0.15, 0.2) is 6.08 Å². The van der Waals surface area contributed by atoms with Crippen LogP contribution in [0.5, 0.6) is 0 Å². The van der Waals surface area contributed by atoms with Gasteiger partial charge in [-0.1, -0.05) is 24.4 Å². The highest BCUT2D eigenvalue weighted by atomic mass is 35.5. The SMILES string of the molecule is Cc1nn(C)c(Cl)c1/C=C/C(=O)N1CCCC2CCCCC21. The third kappa shape index (κ3) is 2.94. The van der Waals surface area contributed by atoms with E-state index < -0.39 is 0 Å². The molecule has 1 aromatic rings. The van der Waals surface area contributed by atoms with Crippen LogP contribution in [0, 0.1) is 12.8 Å². The first-order valence-corrected chi connectivity index (χ1v) is 8.63. The number of likely N-dealkylation sites (tertiary alicyclic amines) is 1. The van der Waals surface area contributed by atoms with Crippen molar-refractivity contribution < 1.29 is 4.79 Å². The van der Waals surface area contributed by atoms with Gasteiger partial charge in [0.25, 0.3) is 0 Å². The summed E-state index contributed by atoms with van der Waals surface area (Å²) < 4.78 is 1.64.